The van der Waals surface area contributed by atoms with Gasteiger partial charge in [0.1, 0.15) is 6.10 Å². The monoisotopic (exact) mass is 271 g/mol. The summed E-state index contributed by atoms with van der Waals surface area (Å²) in [6, 6.07) is 1.60. The van der Waals surface area contributed by atoms with Crippen LogP contribution in [0.5, 0.6) is 0 Å². The molecule has 6 heteroatoms. The zero-order valence-corrected chi connectivity index (χ0v) is 10.9. The zero-order valence-electron chi connectivity index (χ0n) is 10.1. The third kappa shape index (κ3) is 4.73. The summed E-state index contributed by atoms with van der Waals surface area (Å²) in [5, 5.41) is 28.6. The molecule has 0 fully saturated rings. The van der Waals surface area contributed by atoms with E-state index in [1.165, 1.54) is 19.3 Å². The van der Waals surface area contributed by atoms with Gasteiger partial charge in [-0.2, -0.15) is 0 Å². The second-order valence-corrected chi connectivity index (χ2v) is 5.20. The summed E-state index contributed by atoms with van der Waals surface area (Å²) in [5.74, 6) is 0.459. The molecule has 3 N–H and O–H groups in total. The van der Waals surface area contributed by atoms with Gasteiger partial charge in [-0.3, -0.25) is 9.78 Å². The predicted molar refractivity (Wildman–Crippen MR) is 68.9 cm³/mol. The highest BCUT2D eigenvalue weighted by molar-refractivity contribution is 8.13. The Balaban J connectivity index is 2.56. The summed E-state index contributed by atoms with van der Waals surface area (Å²) < 4.78 is 0. The van der Waals surface area contributed by atoms with E-state index < -0.39 is 12.2 Å². The molecule has 1 aromatic rings. The molecule has 0 aliphatic heterocycles. The molecular weight excluding hydrogens is 254 g/mol. The first-order valence-corrected chi connectivity index (χ1v) is 6.57. The van der Waals surface area contributed by atoms with Gasteiger partial charge in [0.25, 0.3) is 0 Å². The van der Waals surface area contributed by atoms with E-state index in [1.54, 1.807) is 6.07 Å². The number of aliphatic hydroxyl groups is 3. The molecule has 0 saturated heterocycles. The number of hydrogen-bond donors (Lipinski definition) is 3. The van der Waals surface area contributed by atoms with E-state index in [0.29, 0.717) is 23.3 Å². The first-order valence-electron chi connectivity index (χ1n) is 5.58. The van der Waals surface area contributed by atoms with Gasteiger partial charge in [0.05, 0.1) is 12.7 Å². The Morgan fingerprint density at radius 3 is 2.78 bits per heavy atom. The number of aromatic nitrogens is 1. The van der Waals surface area contributed by atoms with Gasteiger partial charge in [-0.1, -0.05) is 11.8 Å². The largest absolute Gasteiger partial charge is 0.392 e. The second-order valence-electron chi connectivity index (χ2n) is 3.93. The molecule has 1 aromatic heterocycles. The molecule has 100 valence electrons. The predicted octanol–water partition coefficient (Wildman–Crippen LogP) is 0.638. The Morgan fingerprint density at radius 2 is 2.17 bits per heavy atom. The maximum Gasteiger partial charge on any atom is 0.185 e. The minimum Gasteiger partial charge on any atom is -0.392 e. The fraction of sp³-hybridized carbons (Fsp3) is 0.500. The third-order valence-corrected chi connectivity index (χ3v) is 3.27. The maximum atomic E-state index is 10.7. The van der Waals surface area contributed by atoms with Crippen molar-refractivity contribution in [3.8, 4) is 0 Å². The molecule has 0 spiro atoms. The Bertz CT molecular complexity index is 399. The summed E-state index contributed by atoms with van der Waals surface area (Å²) in [6.07, 6.45) is 1.25. The number of carbonyl (C=O) groups is 1. The Labute approximate surface area is 110 Å². The summed E-state index contributed by atoms with van der Waals surface area (Å²) in [7, 11) is 0. The standard InChI is InChI=1S/C12H17NO4S/c1-8(15)18-3-2-11(16)12(17)10-4-9(7-14)5-13-6-10/h4-6,11-12,14,16-17H,2-3,7H2,1H3. The van der Waals surface area contributed by atoms with E-state index in [1.807, 2.05) is 0 Å². The van der Waals surface area contributed by atoms with E-state index in [4.69, 9.17) is 5.11 Å². The summed E-state index contributed by atoms with van der Waals surface area (Å²) in [6.45, 7) is 1.30. The van der Waals surface area contributed by atoms with Gasteiger partial charge in [-0.15, -0.1) is 0 Å². The van der Waals surface area contributed by atoms with Crippen LogP contribution >= 0.6 is 11.8 Å². The van der Waals surface area contributed by atoms with Crippen molar-refractivity contribution in [1.82, 2.24) is 4.98 Å². The van der Waals surface area contributed by atoms with Crippen LogP contribution in [0.4, 0.5) is 0 Å². The highest BCUT2D eigenvalue weighted by Gasteiger charge is 2.18. The quantitative estimate of drug-likeness (QED) is 0.703. The fourth-order valence-electron chi connectivity index (χ4n) is 1.46. The average Bonchev–Trinajstić information content (AvgIpc) is 2.37. The van der Waals surface area contributed by atoms with Crippen LogP contribution in [0, 0.1) is 0 Å². The highest BCUT2D eigenvalue weighted by Crippen LogP contribution is 2.20. The highest BCUT2D eigenvalue weighted by atomic mass is 32.2. The topological polar surface area (TPSA) is 90.7 Å². The van der Waals surface area contributed by atoms with Crippen molar-refractivity contribution < 1.29 is 20.1 Å². The fourth-order valence-corrected chi connectivity index (χ4v) is 2.11. The zero-order chi connectivity index (χ0) is 13.5. The van der Waals surface area contributed by atoms with Crippen molar-refractivity contribution in [2.45, 2.75) is 32.2 Å². The molecular formula is C12H17NO4S. The summed E-state index contributed by atoms with van der Waals surface area (Å²) in [5.41, 5.74) is 1.04. The Morgan fingerprint density at radius 1 is 1.44 bits per heavy atom. The number of thioether (sulfide) groups is 1. The molecule has 5 nitrogen and oxygen atoms in total. The molecule has 0 radical (unpaired) electrons. The molecule has 0 aliphatic carbocycles. The number of nitrogens with zero attached hydrogens (tertiary/aromatic N) is 1. The molecule has 2 unspecified atom stereocenters. The van der Waals surface area contributed by atoms with Gasteiger partial charge in [-0.25, -0.2) is 0 Å². The van der Waals surface area contributed by atoms with E-state index in [2.05, 4.69) is 4.98 Å². The van der Waals surface area contributed by atoms with Crippen LogP contribution in [-0.4, -0.2) is 37.3 Å². The second kappa shape index (κ2) is 7.48. The molecule has 2 atom stereocenters. The van der Waals surface area contributed by atoms with Gasteiger partial charge in [0.2, 0.25) is 0 Å². The normalized spacial score (nSPS) is 14.2. The molecule has 0 saturated carbocycles. The Kier molecular flexibility index (Phi) is 6.28. The van der Waals surface area contributed by atoms with E-state index in [0.717, 1.165) is 11.8 Å². The maximum absolute atomic E-state index is 10.7. The van der Waals surface area contributed by atoms with Crippen molar-refractivity contribution in [3.05, 3.63) is 29.6 Å². The van der Waals surface area contributed by atoms with Crippen molar-refractivity contribution >= 4 is 16.9 Å². The average molecular weight is 271 g/mol. The third-order valence-electron chi connectivity index (χ3n) is 2.42. The number of aliphatic hydroxyl groups excluding tert-OH is 3. The van der Waals surface area contributed by atoms with Crippen LogP contribution < -0.4 is 0 Å². The van der Waals surface area contributed by atoms with Crippen LogP contribution in [0.15, 0.2) is 18.5 Å². The molecule has 0 bridgehead atoms. The number of carbonyl (C=O) groups excluding carboxylic acids is 1. The van der Waals surface area contributed by atoms with Gasteiger partial charge < -0.3 is 15.3 Å². The molecule has 18 heavy (non-hydrogen) atoms. The van der Waals surface area contributed by atoms with E-state index in [9.17, 15) is 15.0 Å². The van der Waals surface area contributed by atoms with Gasteiger partial charge in [0.15, 0.2) is 5.12 Å². The van der Waals surface area contributed by atoms with Crippen molar-refractivity contribution in [2.75, 3.05) is 5.75 Å². The first kappa shape index (κ1) is 15.1. The van der Waals surface area contributed by atoms with Crippen LogP contribution in [0.2, 0.25) is 0 Å². The van der Waals surface area contributed by atoms with Crippen molar-refractivity contribution in [3.63, 3.8) is 0 Å². The van der Waals surface area contributed by atoms with Gasteiger partial charge in [0, 0.05) is 30.6 Å². The number of rotatable bonds is 6. The van der Waals surface area contributed by atoms with Gasteiger partial charge >= 0.3 is 0 Å². The van der Waals surface area contributed by atoms with E-state index >= 15 is 0 Å². The lowest BCUT2D eigenvalue weighted by Gasteiger charge is -2.17. The van der Waals surface area contributed by atoms with Gasteiger partial charge in [-0.05, 0) is 18.1 Å². The summed E-state index contributed by atoms with van der Waals surface area (Å²) >= 11 is 1.11. The van der Waals surface area contributed by atoms with Crippen LogP contribution in [-0.2, 0) is 11.4 Å². The smallest absolute Gasteiger partial charge is 0.185 e. The molecule has 0 aromatic carbocycles. The SMILES string of the molecule is CC(=O)SCCC(O)C(O)c1cncc(CO)c1. The lowest BCUT2D eigenvalue weighted by atomic mass is 10.0. The minimum absolute atomic E-state index is 0.0133. The van der Waals surface area contributed by atoms with Crippen molar-refractivity contribution in [2.24, 2.45) is 0 Å². The molecule has 0 aliphatic rings. The first-order chi connectivity index (χ1) is 8.54. The van der Waals surface area contributed by atoms with Crippen molar-refractivity contribution in [1.29, 1.82) is 0 Å². The Hall–Kier alpha value is -0.950. The lowest BCUT2D eigenvalue weighted by molar-refractivity contribution is -0.109. The molecule has 1 rings (SSSR count). The van der Waals surface area contributed by atoms with Crippen LogP contribution in [0.25, 0.3) is 0 Å². The number of hydrogen-bond acceptors (Lipinski definition) is 6. The lowest BCUT2D eigenvalue weighted by Crippen LogP contribution is -2.19. The van der Waals surface area contributed by atoms with Crippen LogP contribution in [0.1, 0.15) is 30.6 Å². The molecule has 0 amide bonds. The molecule has 1 heterocycles. The van der Waals surface area contributed by atoms with E-state index in [-0.39, 0.29) is 11.7 Å². The van der Waals surface area contributed by atoms with Crippen LogP contribution in [0.3, 0.4) is 0 Å². The summed E-state index contributed by atoms with van der Waals surface area (Å²) in [4.78, 5) is 14.6. The minimum atomic E-state index is -1.06. The number of pyridine rings is 1.